The Kier molecular flexibility index (Phi) is 7.30. The summed E-state index contributed by atoms with van der Waals surface area (Å²) in [5, 5.41) is 6.76. The number of carbonyl (C=O) groups is 2. The molecule has 7 nitrogen and oxygen atoms in total. The predicted molar refractivity (Wildman–Crippen MR) is 126 cm³/mol. The molecule has 8 heteroatoms. The van der Waals surface area contributed by atoms with E-state index in [2.05, 4.69) is 0 Å². The highest BCUT2D eigenvalue weighted by Crippen LogP contribution is 2.37. The molecule has 0 N–H and O–H groups in total. The summed E-state index contributed by atoms with van der Waals surface area (Å²) < 4.78 is 10.5. The number of carbonyl (C=O) groups excluding carboxylic acids is 2. The van der Waals surface area contributed by atoms with Gasteiger partial charge in [-0.25, -0.2) is 5.01 Å². The second-order valence-corrected chi connectivity index (χ2v) is 8.69. The molecule has 1 saturated carbocycles. The molecule has 0 saturated heterocycles. The van der Waals surface area contributed by atoms with Crippen molar-refractivity contribution in [3.8, 4) is 5.75 Å². The lowest BCUT2D eigenvalue weighted by atomic mass is 9.98. The smallest absolute Gasteiger partial charge is 0.262 e. The molecule has 2 amide bonds. The van der Waals surface area contributed by atoms with Crippen molar-refractivity contribution in [3.63, 3.8) is 0 Å². The lowest BCUT2D eigenvalue weighted by molar-refractivity contribution is -0.142. The molecule has 1 atom stereocenters. The van der Waals surface area contributed by atoms with Crippen LogP contribution < -0.4 is 4.74 Å². The summed E-state index contributed by atoms with van der Waals surface area (Å²) in [4.78, 5) is 27.8. The monoisotopic (exact) mass is 469 g/mol. The van der Waals surface area contributed by atoms with Gasteiger partial charge in [-0.2, -0.15) is 5.10 Å². The molecule has 1 aliphatic heterocycles. The summed E-state index contributed by atoms with van der Waals surface area (Å²) in [6, 6.07) is 14.7. The zero-order chi connectivity index (χ0) is 23.4. The largest absolute Gasteiger partial charge is 0.497 e. The van der Waals surface area contributed by atoms with Crippen LogP contribution in [0.2, 0.25) is 5.02 Å². The van der Waals surface area contributed by atoms with Crippen molar-refractivity contribution in [2.75, 3.05) is 33.9 Å². The molecule has 0 bridgehead atoms. The Labute approximate surface area is 198 Å². The van der Waals surface area contributed by atoms with Gasteiger partial charge in [0.1, 0.15) is 12.3 Å². The van der Waals surface area contributed by atoms with Crippen LogP contribution in [0.4, 0.5) is 0 Å². The third kappa shape index (κ3) is 5.37. The van der Waals surface area contributed by atoms with Crippen molar-refractivity contribution in [1.82, 2.24) is 9.91 Å². The number of methoxy groups -OCH3 is 2. The molecule has 1 aliphatic carbocycles. The normalized spacial score (nSPS) is 17.6. The molecule has 0 aromatic heterocycles. The molecule has 33 heavy (non-hydrogen) atoms. The molecular formula is C25H28ClN3O4. The van der Waals surface area contributed by atoms with Gasteiger partial charge in [-0.15, -0.1) is 0 Å². The maximum absolute atomic E-state index is 13.5. The van der Waals surface area contributed by atoms with Gasteiger partial charge in [0, 0.05) is 36.6 Å². The third-order valence-electron chi connectivity index (χ3n) is 5.96. The molecule has 0 spiro atoms. The Balaban J connectivity index is 1.62. The van der Waals surface area contributed by atoms with Gasteiger partial charge in [-0.3, -0.25) is 9.59 Å². The number of hydrogen-bond acceptors (Lipinski definition) is 5. The fraction of sp³-hybridized carbons (Fsp3) is 0.400. The number of rotatable bonds is 9. The second-order valence-electron chi connectivity index (χ2n) is 8.29. The number of benzene rings is 2. The number of amides is 2. The molecule has 174 valence electrons. The van der Waals surface area contributed by atoms with Gasteiger partial charge in [0.25, 0.3) is 5.91 Å². The molecule has 2 aliphatic rings. The Morgan fingerprint density at radius 2 is 1.94 bits per heavy atom. The van der Waals surface area contributed by atoms with E-state index in [1.165, 1.54) is 5.01 Å². The van der Waals surface area contributed by atoms with Gasteiger partial charge in [-0.1, -0.05) is 41.9 Å². The minimum atomic E-state index is -0.354. The van der Waals surface area contributed by atoms with E-state index < -0.39 is 0 Å². The minimum absolute atomic E-state index is 0.00545. The van der Waals surface area contributed by atoms with Gasteiger partial charge in [0.05, 0.1) is 25.5 Å². The van der Waals surface area contributed by atoms with Gasteiger partial charge >= 0.3 is 0 Å². The average Bonchev–Trinajstić information content (AvgIpc) is 3.59. The topological polar surface area (TPSA) is 71.4 Å². The predicted octanol–water partition coefficient (Wildman–Crippen LogP) is 3.91. The first-order valence-corrected chi connectivity index (χ1v) is 11.5. The van der Waals surface area contributed by atoms with Crippen LogP contribution in [0, 0.1) is 5.92 Å². The first kappa shape index (κ1) is 23.3. The van der Waals surface area contributed by atoms with Gasteiger partial charge in [0.15, 0.2) is 0 Å². The van der Waals surface area contributed by atoms with Gasteiger partial charge in [-0.05, 0) is 36.6 Å². The van der Waals surface area contributed by atoms with E-state index in [-0.39, 0.29) is 30.3 Å². The molecular weight excluding hydrogens is 442 g/mol. The van der Waals surface area contributed by atoms with Crippen LogP contribution in [0.3, 0.4) is 0 Å². The van der Waals surface area contributed by atoms with Crippen LogP contribution in [0.1, 0.15) is 36.4 Å². The molecule has 2 aromatic carbocycles. The number of hydrogen-bond donors (Lipinski definition) is 0. The Morgan fingerprint density at radius 3 is 2.64 bits per heavy atom. The first-order valence-electron chi connectivity index (χ1n) is 11.1. The van der Waals surface area contributed by atoms with E-state index in [1.807, 2.05) is 48.5 Å². The third-order valence-corrected chi connectivity index (χ3v) is 6.31. The van der Waals surface area contributed by atoms with Crippen molar-refractivity contribution in [1.29, 1.82) is 0 Å². The van der Waals surface area contributed by atoms with Crippen molar-refractivity contribution in [2.24, 2.45) is 11.0 Å². The van der Waals surface area contributed by atoms with E-state index in [4.69, 9.17) is 26.2 Å². The van der Waals surface area contributed by atoms with E-state index in [1.54, 1.807) is 19.1 Å². The average molecular weight is 470 g/mol. The summed E-state index contributed by atoms with van der Waals surface area (Å²) in [6.45, 7) is 0.696. The summed E-state index contributed by atoms with van der Waals surface area (Å²) >= 11 is 6.50. The quantitative estimate of drug-likeness (QED) is 0.558. The van der Waals surface area contributed by atoms with Crippen molar-refractivity contribution >= 4 is 29.1 Å². The SMILES string of the molecule is COCCN(CC(=O)N1N=C(c2cccc(OC)c2)CC1c1ccccc1Cl)C(=O)C1CC1. The lowest BCUT2D eigenvalue weighted by Gasteiger charge is -2.27. The minimum Gasteiger partial charge on any atom is -0.497 e. The highest BCUT2D eigenvalue weighted by Gasteiger charge is 2.38. The van der Waals surface area contributed by atoms with E-state index in [9.17, 15) is 9.59 Å². The van der Waals surface area contributed by atoms with Crippen molar-refractivity contribution < 1.29 is 19.1 Å². The zero-order valence-corrected chi connectivity index (χ0v) is 19.6. The number of ether oxygens (including phenoxy) is 2. The maximum Gasteiger partial charge on any atom is 0.262 e. The molecule has 4 rings (SSSR count). The van der Waals surface area contributed by atoms with Crippen LogP contribution >= 0.6 is 11.6 Å². The summed E-state index contributed by atoms with van der Waals surface area (Å²) in [7, 11) is 3.20. The zero-order valence-electron chi connectivity index (χ0n) is 18.9. The fourth-order valence-electron chi connectivity index (χ4n) is 4.00. The molecule has 2 aromatic rings. The van der Waals surface area contributed by atoms with Crippen LogP contribution in [0.25, 0.3) is 0 Å². The molecule has 0 radical (unpaired) electrons. The van der Waals surface area contributed by atoms with Crippen molar-refractivity contribution in [2.45, 2.75) is 25.3 Å². The standard InChI is InChI=1S/C25H28ClN3O4/c1-32-13-12-28(25(31)17-10-11-17)16-24(30)29-23(20-8-3-4-9-21(20)26)15-22(27-29)18-6-5-7-19(14-18)33-2/h3-9,14,17,23H,10-13,15-16H2,1-2H3. The lowest BCUT2D eigenvalue weighted by Crippen LogP contribution is -2.43. The Bertz CT molecular complexity index is 1050. The van der Waals surface area contributed by atoms with Crippen LogP contribution in [-0.2, 0) is 14.3 Å². The summed E-state index contributed by atoms with van der Waals surface area (Å²) in [5.41, 5.74) is 2.47. The maximum atomic E-state index is 13.5. The summed E-state index contributed by atoms with van der Waals surface area (Å²) in [6.07, 6.45) is 2.26. The first-order chi connectivity index (χ1) is 16.0. The number of hydrazone groups is 1. The highest BCUT2D eigenvalue weighted by molar-refractivity contribution is 6.31. The van der Waals surface area contributed by atoms with E-state index >= 15 is 0 Å². The Morgan fingerprint density at radius 1 is 1.15 bits per heavy atom. The van der Waals surface area contributed by atoms with E-state index in [0.29, 0.717) is 24.6 Å². The van der Waals surface area contributed by atoms with E-state index in [0.717, 1.165) is 35.4 Å². The Hall–Kier alpha value is -2.90. The summed E-state index contributed by atoms with van der Waals surface area (Å²) in [5.74, 6) is 0.493. The van der Waals surface area contributed by atoms with Gasteiger partial charge < -0.3 is 14.4 Å². The van der Waals surface area contributed by atoms with Crippen LogP contribution in [0.15, 0.2) is 53.6 Å². The van der Waals surface area contributed by atoms with Crippen LogP contribution in [0.5, 0.6) is 5.75 Å². The van der Waals surface area contributed by atoms with Gasteiger partial charge in [0.2, 0.25) is 5.91 Å². The number of halogens is 1. The van der Waals surface area contributed by atoms with Crippen molar-refractivity contribution in [3.05, 3.63) is 64.7 Å². The van der Waals surface area contributed by atoms with Crippen LogP contribution in [-0.4, -0.2) is 61.4 Å². The highest BCUT2D eigenvalue weighted by atomic mass is 35.5. The number of nitrogens with zero attached hydrogens (tertiary/aromatic N) is 3. The fourth-order valence-corrected chi connectivity index (χ4v) is 4.26. The molecule has 1 fully saturated rings. The molecule has 1 unspecified atom stereocenters. The molecule has 1 heterocycles. The second kappa shape index (κ2) is 10.4.